The molecule has 9 heteroatoms. The first-order valence-electron chi connectivity index (χ1n) is 5.70. The number of carboxylic acids is 1. The van der Waals surface area contributed by atoms with Gasteiger partial charge in [-0.15, -0.1) is 10.2 Å². The van der Waals surface area contributed by atoms with Crippen molar-refractivity contribution in [2.45, 2.75) is 11.3 Å². The van der Waals surface area contributed by atoms with Crippen LogP contribution in [0, 0.1) is 6.92 Å². The van der Waals surface area contributed by atoms with Crippen molar-refractivity contribution in [2.24, 2.45) is 0 Å². The van der Waals surface area contributed by atoms with Gasteiger partial charge in [0.05, 0.1) is 5.75 Å². The van der Waals surface area contributed by atoms with Gasteiger partial charge in [0.1, 0.15) is 0 Å². The van der Waals surface area contributed by atoms with Crippen molar-refractivity contribution < 1.29 is 14.7 Å². The summed E-state index contributed by atoms with van der Waals surface area (Å²) < 4.78 is 0.481. The lowest BCUT2D eigenvalue weighted by atomic mass is 10.1. The van der Waals surface area contributed by atoms with Gasteiger partial charge in [0, 0.05) is 10.6 Å². The van der Waals surface area contributed by atoms with Gasteiger partial charge in [0.15, 0.2) is 4.34 Å². The Hall–Kier alpha value is -1.64. The van der Waals surface area contributed by atoms with Gasteiger partial charge in [-0.3, -0.25) is 14.9 Å². The number of thioether (sulfide) groups is 1. The molecule has 0 saturated heterocycles. The fourth-order valence-corrected chi connectivity index (χ4v) is 3.24. The third-order valence-corrected chi connectivity index (χ3v) is 4.43. The van der Waals surface area contributed by atoms with Crippen LogP contribution in [-0.4, -0.2) is 32.9 Å². The minimum atomic E-state index is -0.935. The van der Waals surface area contributed by atoms with Gasteiger partial charge in [-0.1, -0.05) is 34.7 Å². The number of hydrogen-bond acceptors (Lipinski definition) is 6. The lowest BCUT2D eigenvalue weighted by molar-refractivity contribution is -0.133. The van der Waals surface area contributed by atoms with Crippen LogP contribution in [-0.2, 0) is 4.79 Å². The van der Waals surface area contributed by atoms with Gasteiger partial charge < -0.3 is 5.11 Å². The Morgan fingerprint density at radius 1 is 1.38 bits per heavy atom. The molecule has 6 nitrogen and oxygen atoms in total. The number of rotatable bonds is 5. The largest absolute Gasteiger partial charge is 0.481 e. The van der Waals surface area contributed by atoms with E-state index in [-0.39, 0.29) is 11.7 Å². The third kappa shape index (κ3) is 4.69. The fraction of sp³-hybridized carbons (Fsp3) is 0.167. The van der Waals surface area contributed by atoms with Gasteiger partial charge in [0.2, 0.25) is 5.13 Å². The topological polar surface area (TPSA) is 92.2 Å². The van der Waals surface area contributed by atoms with Gasteiger partial charge in [-0.25, -0.2) is 0 Å². The van der Waals surface area contributed by atoms with Crippen LogP contribution in [0.2, 0.25) is 5.02 Å². The van der Waals surface area contributed by atoms with Crippen LogP contribution in [0.4, 0.5) is 5.13 Å². The number of carbonyl (C=O) groups is 2. The zero-order valence-electron chi connectivity index (χ0n) is 10.8. The molecule has 0 aliphatic carbocycles. The molecule has 0 atom stereocenters. The highest BCUT2D eigenvalue weighted by atomic mass is 35.5. The summed E-state index contributed by atoms with van der Waals surface area (Å²) in [4.78, 5) is 22.5. The van der Waals surface area contributed by atoms with E-state index in [1.807, 2.05) is 6.92 Å². The number of anilines is 1. The molecule has 2 aromatic rings. The summed E-state index contributed by atoms with van der Waals surface area (Å²) in [7, 11) is 0. The average molecular weight is 344 g/mol. The van der Waals surface area contributed by atoms with E-state index in [9.17, 15) is 9.59 Å². The number of aromatic nitrogens is 2. The number of halogens is 1. The molecular formula is C12H10ClN3O3S2. The number of aryl methyl sites for hydroxylation is 1. The smallest absolute Gasteiger partial charge is 0.313 e. The lowest BCUT2D eigenvalue weighted by Crippen LogP contribution is -2.11. The zero-order chi connectivity index (χ0) is 15.4. The maximum absolute atomic E-state index is 12.1. The predicted molar refractivity (Wildman–Crippen MR) is 82.4 cm³/mol. The third-order valence-electron chi connectivity index (χ3n) is 2.25. The molecule has 0 saturated carbocycles. The van der Waals surface area contributed by atoms with E-state index in [4.69, 9.17) is 16.7 Å². The van der Waals surface area contributed by atoms with Crippen LogP contribution in [0.1, 0.15) is 15.9 Å². The zero-order valence-corrected chi connectivity index (χ0v) is 13.2. The fourth-order valence-electron chi connectivity index (χ4n) is 1.48. The molecule has 110 valence electrons. The van der Waals surface area contributed by atoms with Crippen LogP contribution >= 0.6 is 34.7 Å². The summed E-state index contributed by atoms with van der Waals surface area (Å²) in [6.07, 6.45) is 0. The molecule has 1 heterocycles. The Kier molecular flexibility index (Phi) is 5.16. The van der Waals surface area contributed by atoms with Crippen molar-refractivity contribution in [3.63, 3.8) is 0 Å². The summed E-state index contributed by atoms with van der Waals surface area (Å²) in [6.45, 7) is 1.84. The van der Waals surface area contributed by atoms with Crippen LogP contribution in [0.5, 0.6) is 0 Å². The van der Waals surface area contributed by atoms with Crippen LogP contribution in [0.15, 0.2) is 22.5 Å². The summed E-state index contributed by atoms with van der Waals surface area (Å²) in [6, 6.07) is 5.03. The number of benzene rings is 1. The summed E-state index contributed by atoms with van der Waals surface area (Å²) in [5, 5.41) is 19.6. The predicted octanol–water partition coefficient (Wildman–Crippen LogP) is 2.93. The van der Waals surface area contributed by atoms with Crippen LogP contribution in [0.3, 0.4) is 0 Å². The standard InChI is InChI=1S/C12H10ClN3O3S2/c1-6-2-7(4-8(13)3-6)10(19)14-11-15-16-12(21-11)20-5-9(17)18/h2-4H,5H2,1H3,(H,17,18)(H,14,15,19). The number of carbonyl (C=O) groups excluding carboxylic acids is 1. The SMILES string of the molecule is Cc1cc(Cl)cc(C(=O)Nc2nnc(SCC(=O)O)s2)c1. The summed E-state index contributed by atoms with van der Waals surface area (Å²) in [5.41, 5.74) is 1.30. The Balaban J connectivity index is 2.04. The van der Waals surface area contributed by atoms with Crippen molar-refractivity contribution in [1.82, 2.24) is 10.2 Å². The molecule has 0 aliphatic rings. The van der Waals surface area contributed by atoms with Crippen LogP contribution in [0.25, 0.3) is 0 Å². The second kappa shape index (κ2) is 6.88. The monoisotopic (exact) mass is 343 g/mol. The molecule has 2 rings (SSSR count). The molecule has 0 radical (unpaired) electrons. The molecule has 0 unspecified atom stereocenters. The van der Waals surface area contributed by atoms with Crippen molar-refractivity contribution in [2.75, 3.05) is 11.1 Å². The Morgan fingerprint density at radius 2 is 2.14 bits per heavy atom. The molecule has 1 amide bonds. The maximum atomic E-state index is 12.1. The van der Waals surface area contributed by atoms with Gasteiger partial charge >= 0.3 is 5.97 Å². The lowest BCUT2D eigenvalue weighted by Gasteiger charge is -2.03. The number of amides is 1. The molecule has 0 spiro atoms. The quantitative estimate of drug-likeness (QED) is 0.640. The van der Waals surface area contributed by atoms with Gasteiger partial charge in [0.25, 0.3) is 5.91 Å². The Morgan fingerprint density at radius 3 is 2.81 bits per heavy atom. The highest BCUT2D eigenvalue weighted by Crippen LogP contribution is 2.25. The van der Waals surface area contributed by atoms with Gasteiger partial charge in [-0.05, 0) is 30.7 Å². The van der Waals surface area contributed by atoms with E-state index in [0.717, 1.165) is 28.7 Å². The molecule has 0 fully saturated rings. The molecule has 0 aliphatic heterocycles. The minimum Gasteiger partial charge on any atom is -0.481 e. The molecule has 0 bridgehead atoms. The molecule has 21 heavy (non-hydrogen) atoms. The number of aliphatic carboxylic acids is 1. The Labute approximate surface area is 133 Å². The average Bonchev–Trinajstić information content (AvgIpc) is 2.83. The van der Waals surface area contributed by atoms with E-state index < -0.39 is 5.97 Å². The van der Waals surface area contributed by atoms with Gasteiger partial charge in [-0.2, -0.15) is 0 Å². The van der Waals surface area contributed by atoms with Crippen molar-refractivity contribution in [3.05, 3.63) is 34.3 Å². The second-order valence-corrected chi connectivity index (χ2v) is 6.66. The number of hydrogen-bond donors (Lipinski definition) is 2. The van der Waals surface area contributed by atoms with Crippen molar-refractivity contribution >= 4 is 51.7 Å². The number of carboxylic acid groups (broad SMARTS) is 1. The first kappa shape index (κ1) is 15.7. The van der Waals surface area contributed by atoms with E-state index in [1.54, 1.807) is 18.2 Å². The van der Waals surface area contributed by atoms with E-state index in [1.165, 1.54) is 0 Å². The van der Waals surface area contributed by atoms with E-state index >= 15 is 0 Å². The normalized spacial score (nSPS) is 10.4. The molecule has 1 aromatic heterocycles. The van der Waals surface area contributed by atoms with Crippen LogP contribution < -0.4 is 5.32 Å². The molecule has 2 N–H and O–H groups in total. The summed E-state index contributed by atoms with van der Waals surface area (Å²) in [5.74, 6) is -1.38. The number of nitrogens with one attached hydrogen (secondary N) is 1. The maximum Gasteiger partial charge on any atom is 0.313 e. The summed E-state index contributed by atoms with van der Waals surface area (Å²) >= 11 is 8.08. The van der Waals surface area contributed by atoms with E-state index in [0.29, 0.717) is 20.1 Å². The first-order valence-corrected chi connectivity index (χ1v) is 7.88. The van der Waals surface area contributed by atoms with Crippen molar-refractivity contribution in [3.8, 4) is 0 Å². The first-order chi connectivity index (χ1) is 9.94. The second-order valence-electron chi connectivity index (χ2n) is 4.03. The van der Waals surface area contributed by atoms with E-state index in [2.05, 4.69) is 15.5 Å². The highest BCUT2D eigenvalue weighted by molar-refractivity contribution is 8.01. The number of nitrogens with zero attached hydrogens (tertiary/aromatic N) is 2. The highest BCUT2D eigenvalue weighted by Gasteiger charge is 2.12. The Bertz CT molecular complexity index is 670. The minimum absolute atomic E-state index is 0.101. The van der Waals surface area contributed by atoms with Crippen molar-refractivity contribution in [1.29, 1.82) is 0 Å². The molecular weight excluding hydrogens is 334 g/mol. The molecule has 1 aromatic carbocycles.